The molecule has 6 rings (SSSR count). The Morgan fingerprint density at radius 3 is 1.76 bits per heavy atom. The number of benzene rings is 2. The molecule has 3 aromatic rings. The molecule has 3 aliphatic heterocycles. The predicted molar refractivity (Wildman–Crippen MR) is 174 cm³/mol. The van der Waals surface area contributed by atoms with E-state index in [9.17, 15) is 14.4 Å². The molecule has 3 amide bonds. The summed E-state index contributed by atoms with van der Waals surface area (Å²) in [7, 11) is 0. The molecule has 9 heteroatoms. The molecule has 0 atom stereocenters. The molecular weight excluding hydrogens is 566 g/mol. The third-order valence-corrected chi connectivity index (χ3v) is 9.48. The van der Waals surface area contributed by atoms with Gasteiger partial charge >= 0.3 is 6.09 Å². The summed E-state index contributed by atoms with van der Waals surface area (Å²) >= 11 is 0. The van der Waals surface area contributed by atoms with Gasteiger partial charge in [0, 0.05) is 81.0 Å². The van der Waals surface area contributed by atoms with Crippen LogP contribution in [-0.4, -0.2) is 107 Å². The highest BCUT2D eigenvalue weighted by Gasteiger charge is 2.34. The maximum atomic E-state index is 13.8. The van der Waals surface area contributed by atoms with E-state index in [-0.39, 0.29) is 23.8 Å². The number of hydrogen-bond acceptors (Lipinski definition) is 6. The Labute approximate surface area is 265 Å². The smallest absolute Gasteiger partial charge is 0.409 e. The SMILES string of the molecule is CCOC(=O)N1CCC(C(=O)N2CCC(N3CCN(C(=O)c4cc(-c5ccccc5)nc(-c5ccccc5)c4)CC3)CC2)CC1. The highest BCUT2D eigenvalue weighted by molar-refractivity contribution is 5.96. The fourth-order valence-electron chi connectivity index (χ4n) is 6.87. The van der Waals surface area contributed by atoms with Gasteiger partial charge in [-0.3, -0.25) is 14.5 Å². The number of nitrogens with zero attached hydrogens (tertiary/aromatic N) is 5. The molecule has 0 bridgehead atoms. The number of carbonyl (C=O) groups excluding carboxylic acids is 3. The third-order valence-electron chi connectivity index (χ3n) is 9.48. The molecule has 0 unspecified atom stereocenters. The van der Waals surface area contributed by atoms with Gasteiger partial charge in [0.25, 0.3) is 5.91 Å². The monoisotopic (exact) mass is 609 g/mol. The van der Waals surface area contributed by atoms with E-state index in [0.717, 1.165) is 61.5 Å². The Morgan fingerprint density at radius 1 is 0.689 bits per heavy atom. The number of amides is 3. The molecule has 0 saturated carbocycles. The van der Waals surface area contributed by atoms with E-state index in [1.165, 1.54) is 0 Å². The second-order valence-corrected chi connectivity index (χ2v) is 12.2. The van der Waals surface area contributed by atoms with Crippen molar-refractivity contribution in [2.45, 2.75) is 38.6 Å². The van der Waals surface area contributed by atoms with Crippen LogP contribution in [0.1, 0.15) is 43.0 Å². The summed E-state index contributed by atoms with van der Waals surface area (Å²) in [5.41, 5.74) is 4.23. The Morgan fingerprint density at radius 2 is 1.22 bits per heavy atom. The average molecular weight is 610 g/mol. The highest BCUT2D eigenvalue weighted by atomic mass is 16.6. The van der Waals surface area contributed by atoms with Crippen LogP contribution in [0.15, 0.2) is 72.8 Å². The van der Waals surface area contributed by atoms with E-state index < -0.39 is 0 Å². The number of aromatic nitrogens is 1. The number of rotatable bonds is 6. The van der Waals surface area contributed by atoms with Crippen molar-refractivity contribution < 1.29 is 19.1 Å². The first kappa shape index (κ1) is 30.8. The Hall–Kier alpha value is -4.24. The first-order valence-electron chi connectivity index (χ1n) is 16.4. The van der Waals surface area contributed by atoms with Crippen LogP contribution in [0.4, 0.5) is 4.79 Å². The Kier molecular flexibility index (Phi) is 9.74. The van der Waals surface area contributed by atoms with Gasteiger partial charge in [0.1, 0.15) is 0 Å². The Bertz CT molecular complexity index is 1400. The number of piperazine rings is 1. The summed E-state index contributed by atoms with van der Waals surface area (Å²) < 4.78 is 5.11. The number of likely N-dealkylation sites (tertiary alicyclic amines) is 2. The van der Waals surface area contributed by atoms with Gasteiger partial charge in [0.15, 0.2) is 0 Å². The number of piperidine rings is 2. The van der Waals surface area contributed by atoms with Gasteiger partial charge in [-0.25, -0.2) is 9.78 Å². The lowest BCUT2D eigenvalue weighted by molar-refractivity contribution is -0.138. The van der Waals surface area contributed by atoms with Crippen LogP contribution in [0, 0.1) is 5.92 Å². The van der Waals surface area contributed by atoms with Crippen molar-refractivity contribution in [1.29, 1.82) is 0 Å². The number of carbonyl (C=O) groups is 3. The molecule has 3 saturated heterocycles. The largest absolute Gasteiger partial charge is 0.450 e. The van der Waals surface area contributed by atoms with Gasteiger partial charge in [-0.05, 0) is 44.7 Å². The molecular formula is C36H43N5O4. The Balaban J connectivity index is 1.03. The van der Waals surface area contributed by atoms with Gasteiger partial charge in [-0.1, -0.05) is 60.7 Å². The molecule has 0 spiro atoms. The average Bonchev–Trinajstić information content (AvgIpc) is 3.12. The lowest BCUT2D eigenvalue weighted by Gasteiger charge is -2.43. The summed E-state index contributed by atoms with van der Waals surface area (Å²) in [6.07, 6.45) is 3.02. The highest BCUT2D eigenvalue weighted by Crippen LogP contribution is 2.27. The van der Waals surface area contributed by atoms with E-state index in [1.807, 2.05) is 89.5 Å². The maximum absolute atomic E-state index is 13.8. The van der Waals surface area contributed by atoms with Crippen molar-refractivity contribution in [1.82, 2.24) is 24.6 Å². The predicted octanol–water partition coefficient (Wildman–Crippen LogP) is 5.03. The van der Waals surface area contributed by atoms with Crippen LogP contribution in [-0.2, 0) is 9.53 Å². The maximum Gasteiger partial charge on any atom is 0.409 e. The van der Waals surface area contributed by atoms with E-state index in [1.54, 1.807) is 4.90 Å². The van der Waals surface area contributed by atoms with Gasteiger partial charge in [-0.15, -0.1) is 0 Å². The van der Waals surface area contributed by atoms with E-state index in [4.69, 9.17) is 9.72 Å². The summed E-state index contributed by atoms with van der Waals surface area (Å²) in [4.78, 5) is 52.2. The van der Waals surface area contributed by atoms with Crippen molar-refractivity contribution in [2.24, 2.45) is 5.92 Å². The summed E-state index contributed by atoms with van der Waals surface area (Å²) in [5.74, 6) is 0.259. The van der Waals surface area contributed by atoms with Crippen LogP contribution >= 0.6 is 0 Å². The minimum absolute atomic E-state index is 0.0141. The lowest BCUT2D eigenvalue weighted by atomic mass is 9.93. The van der Waals surface area contributed by atoms with Crippen molar-refractivity contribution >= 4 is 17.9 Å². The van der Waals surface area contributed by atoms with Gasteiger partial charge in [-0.2, -0.15) is 0 Å². The number of pyridine rings is 1. The first-order valence-corrected chi connectivity index (χ1v) is 16.4. The van der Waals surface area contributed by atoms with Crippen LogP contribution in [0.25, 0.3) is 22.5 Å². The van der Waals surface area contributed by atoms with Crippen molar-refractivity contribution in [2.75, 3.05) is 59.0 Å². The molecule has 9 nitrogen and oxygen atoms in total. The molecule has 4 heterocycles. The summed E-state index contributed by atoms with van der Waals surface area (Å²) in [5, 5.41) is 0. The molecule has 2 aromatic carbocycles. The fourth-order valence-corrected chi connectivity index (χ4v) is 6.87. The van der Waals surface area contributed by atoms with Crippen LogP contribution in [0.2, 0.25) is 0 Å². The van der Waals surface area contributed by atoms with E-state index in [2.05, 4.69) is 4.90 Å². The van der Waals surface area contributed by atoms with Gasteiger partial charge < -0.3 is 19.4 Å². The van der Waals surface area contributed by atoms with Crippen molar-refractivity contribution in [3.63, 3.8) is 0 Å². The molecule has 0 N–H and O–H groups in total. The molecule has 45 heavy (non-hydrogen) atoms. The van der Waals surface area contributed by atoms with Crippen LogP contribution in [0.5, 0.6) is 0 Å². The minimum atomic E-state index is -0.277. The van der Waals surface area contributed by atoms with E-state index >= 15 is 0 Å². The zero-order valence-corrected chi connectivity index (χ0v) is 26.1. The molecule has 236 valence electrons. The first-order chi connectivity index (χ1) is 22.0. The van der Waals surface area contributed by atoms with Crippen molar-refractivity contribution in [3.8, 4) is 22.5 Å². The quantitative estimate of drug-likeness (QED) is 0.390. The summed E-state index contributed by atoms with van der Waals surface area (Å²) in [6.45, 7) is 7.89. The second-order valence-electron chi connectivity index (χ2n) is 12.2. The molecule has 0 aliphatic carbocycles. The van der Waals surface area contributed by atoms with Gasteiger partial charge in [0.2, 0.25) is 5.91 Å². The minimum Gasteiger partial charge on any atom is -0.450 e. The second kappa shape index (κ2) is 14.2. The molecule has 3 aliphatic rings. The van der Waals surface area contributed by atoms with Crippen molar-refractivity contribution in [3.05, 3.63) is 78.4 Å². The summed E-state index contributed by atoms with van der Waals surface area (Å²) in [6, 6.07) is 24.3. The van der Waals surface area contributed by atoms with Gasteiger partial charge in [0.05, 0.1) is 18.0 Å². The fraction of sp³-hybridized carbons (Fsp3) is 0.444. The zero-order chi connectivity index (χ0) is 31.2. The topological polar surface area (TPSA) is 86.3 Å². The number of hydrogen-bond donors (Lipinski definition) is 0. The third kappa shape index (κ3) is 7.20. The molecule has 1 aromatic heterocycles. The van der Waals surface area contributed by atoms with Crippen LogP contribution in [0.3, 0.4) is 0 Å². The standard InChI is InChI=1S/C36H43N5O4/c1-2-45-36(44)41-17-13-29(14-18-41)34(42)39-19-15-31(16-20-39)38-21-23-40(24-22-38)35(43)30-25-32(27-9-5-3-6-10-27)37-33(26-30)28-11-7-4-8-12-28/h3-12,25-26,29,31H,2,13-24H2,1H3. The zero-order valence-electron chi connectivity index (χ0n) is 26.1. The van der Waals surface area contributed by atoms with Crippen LogP contribution < -0.4 is 0 Å². The molecule has 0 radical (unpaired) electrons. The lowest BCUT2D eigenvalue weighted by Crippen LogP contribution is -2.55. The van der Waals surface area contributed by atoms with E-state index in [0.29, 0.717) is 57.2 Å². The number of ether oxygens (including phenoxy) is 1. The molecule has 3 fully saturated rings. The normalized spacial score (nSPS) is 18.6.